The summed E-state index contributed by atoms with van der Waals surface area (Å²) in [5.41, 5.74) is 7.55. The highest BCUT2D eigenvalue weighted by Gasteiger charge is 2.29. The minimum Gasteiger partial charge on any atom is -0.384 e. The summed E-state index contributed by atoms with van der Waals surface area (Å²) in [5.74, 6) is 3.83. The molecule has 114 valence electrons. The van der Waals surface area contributed by atoms with Crippen molar-refractivity contribution in [2.24, 2.45) is 0 Å². The van der Waals surface area contributed by atoms with Crippen molar-refractivity contribution in [2.75, 3.05) is 17.7 Å². The largest absolute Gasteiger partial charge is 0.384 e. The van der Waals surface area contributed by atoms with Gasteiger partial charge in [-0.2, -0.15) is 11.8 Å². The lowest BCUT2D eigenvalue weighted by atomic mass is 9.88. The average Bonchev–Trinajstić information content (AvgIpc) is 2.74. The third-order valence-electron chi connectivity index (χ3n) is 4.20. The van der Waals surface area contributed by atoms with Crippen LogP contribution in [0, 0.1) is 0 Å². The summed E-state index contributed by atoms with van der Waals surface area (Å²) in [4.78, 5) is 4.96. The first-order chi connectivity index (χ1) is 9.45. The second-order valence-corrected chi connectivity index (χ2v) is 7.87. The smallest absolute Gasteiger partial charge is 0.127 e. The lowest BCUT2D eigenvalue weighted by Crippen LogP contribution is -2.27. The van der Waals surface area contributed by atoms with Crippen molar-refractivity contribution in [1.82, 2.24) is 9.55 Å². The lowest BCUT2D eigenvalue weighted by molar-refractivity contribution is 0.349. The van der Waals surface area contributed by atoms with Crippen LogP contribution in [0.5, 0.6) is 0 Å². The highest BCUT2D eigenvalue weighted by Crippen LogP contribution is 2.36. The summed E-state index contributed by atoms with van der Waals surface area (Å²) in [5, 5.41) is 0. The summed E-state index contributed by atoms with van der Waals surface area (Å²) in [6.07, 6.45) is 9.71. The van der Waals surface area contributed by atoms with E-state index in [1.165, 1.54) is 37.9 Å². The van der Waals surface area contributed by atoms with E-state index in [1.807, 2.05) is 11.8 Å². The number of hydrogen-bond donors (Lipinski definition) is 1. The molecule has 1 aliphatic rings. The Kier molecular flexibility index (Phi) is 5.05. The molecule has 1 fully saturated rings. The Morgan fingerprint density at radius 1 is 1.25 bits per heavy atom. The summed E-state index contributed by atoms with van der Waals surface area (Å²) in [7, 11) is 0. The molecule has 1 aromatic heterocycles. The van der Waals surface area contributed by atoms with E-state index in [9.17, 15) is 0 Å². The number of aryl methyl sites for hydroxylation is 1. The van der Waals surface area contributed by atoms with Crippen molar-refractivity contribution < 1.29 is 0 Å². The second kappa shape index (κ2) is 6.42. The fourth-order valence-electron chi connectivity index (χ4n) is 3.22. The zero-order chi connectivity index (χ0) is 14.8. The maximum absolute atomic E-state index is 6.43. The van der Waals surface area contributed by atoms with Crippen LogP contribution in [0.4, 0.5) is 5.82 Å². The average molecular weight is 295 g/mol. The Morgan fingerprint density at radius 2 is 1.90 bits per heavy atom. The van der Waals surface area contributed by atoms with Crippen LogP contribution in [0.2, 0.25) is 0 Å². The number of anilines is 1. The van der Waals surface area contributed by atoms with Crippen molar-refractivity contribution in [3.8, 4) is 0 Å². The molecular weight excluding hydrogens is 266 g/mol. The third kappa shape index (κ3) is 3.33. The summed E-state index contributed by atoms with van der Waals surface area (Å²) in [6, 6.07) is 0. The van der Waals surface area contributed by atoms with E-state index >= 15 is 0 Å². The van der Waals surface area contributed by atoms with Gasteiger partial charge in [0.15, 0.2) is 0 Å². The molecule has 1 saturated carbocycles. The predicted octanol–water partition coefficient (Wildman–Crippen LogP) is 4.17. The Morgan fingerprint density at radius 3 is 2.45 bits per heavy atom. The van der Waals surface area contributed by atoms with Crippen LogP contribution in [0.3, 0.4) is 0 Å². The zero-order valence-corrected chi connectivity index (χ0v) is 14.2. The molecule has 0 atom stereocenters. The predicted molar refractivity (Wildman–Crippen MR) is 89.5 cm³/mol. The Balaban J connectivity index is 2.37. The van der Waals surface area contributed by atoms with Crippen LogP contribution >= 0.6 is 11.8 Å². The van der Waals surface area contributed by atoms with Gasteiger partial charge >= 0.3 is 0 Å². The van der Waals surface area contributed by atoms with E-state index in [4.69, 9.17) is 10.7 Å². The van der Waals surface area contributed by atoms with Crippen molar-refractivity contribution in [3.63, 3.8) is 0 Å². The van der Waals surface area contributed by atoms with E-state index in [0.29, 0.717) is 5.92 Å². The highest BCUT2D eigenvalue weighted by atomic mass is 32.2. The van der Waals surface area contributed by atoms with Crippen LogP contribution in [0.25, 0.3) is 0 Å². The monoisotopic (exact) mass is 295 g/mol. The fourth-order valence-corrected chi connectivity index (χ4v) is 3.62. The molecule has 1 heterocycles. The van der Waals surface area contributed by atoms with E-state index in [-0.39, 0.29) is 5.54 Å². The van der Waals surface area contributed by atoms with Crippen LogP contribution in [0.1, 0.15) is 70.3 Å². The maximum atomic E-state index is 6.43. The normalized spacial score (nSPS) is 17.6. The lowest BCUT2D eigenvalue weighted by Gasteiger charge is -2.29. The topological polar surface area (TPSA) is 43.8 Å². The van der Waals surface area contributed by atoms with Gasteiger partial charge in [-0.1, -0.05) is 19.3 Å². The van der Waals surface area contributed by atoms with Crippen LogP contribution in [0.15, 0.2) is 0 Å². The number of nitrogen functional groups attached to an aromatic ring is 1. The molecule has 0 amide bonds. The molecule has 1 aromatic rings. The Labute approximate surface area is 127 Å². The standard InChI is InChI=1S/C16H29N3S/c1-16(2,3)19-14(17)13(10-11-20-4)18-15(19)12-8-6-5-7-9-12/h12H,5-11,17H2,1-4H3. The fraction of sp³-hybridized carbons (Fsp3) is 0.812. The summed E-state index contributed by atoms with van der Waals surface area (Å²) in [6.45, 7) is 6.70. The Bertz CT molecular complexity index is 439. The minimum atomic E-state index is 0.0153. The Hall–Kier alpha value is -0.640. The van der Waals surface area contributed by atoms with Gasteiger partial charge in [-0.15, -0.1) is 0 Å². The van der Waals surface area contributed by atoms with Crippen LogP contribution in [-0.2, 0) is 12.0 Å². The molecular formula is C16H29N3S. The second-order valence-electron chi connectivity index (χ2n) is 6.89. The van der Waals surface area contributed by atoms with Gasteiger partial charge in [0.2, 0.25) is 0 Å². The van der Waals surface area contributed by atoms with Gasteiger partial charge in [-0.25, -0.2) is 4.98 Å². The first-order valence-electron chi connectivity index (χ1n) is 7.81. The first-order valence-corrected chi connectivity index (χ1v) is 9.21. The van der Waals surface area contributed by atoms with E-state index < -0.39 is 0 Å². The maximum Gasteiger partial charge on any atom is 0.127 e. The molecule has 0 spiro atoms. The number of thioether (sulfide) groups is 1. The number of nitrogens with zero attached hydrogens (tertiary/aromatic N) is 2. The summed E-state index contributed by atoms with van der Waals surface area (Å²) < 4.78 is 2.30. The third-order valence-corrected chi connectivity index (χ3v) is 4.81. The van der Waals surface area contributed by atoms with Crippen molar-refractivity contribution in [3.05, 3.63) is 11.5 Å². The van der Waals surface area contributed by atoms with Gasteiger partial charge < -0.3 is 10.3 Å². The van der Waals surface area contributed by atoms with E-state index in [0.717, 1.165) is 23.7 Å². The van der Waals surface area contributed by atoms with Gasteiger partial charge in [-0.05, 0) is 45.6 Å². The molecule has 0 aliphatic heterocycles. The molecule has 1 aliphatic carbocycles. The molecule has 2 rings (SSSR count). The molecule has 0 aromatic carbocycles. The van der Waals surface area contributed by atoms with Gasteiger partial charge in [0.1, 0.15) is 11.6 Å². The van der Waals surface area contributed by atoms with Gasteiger partial charge in [-0.3, -0.25) is 0 Å². The molecule has 0 radical (unpaired) electrons. The quantitative estimate of drug-likeness (QED) is 0.906. The van der Waals surface area contributed by atoms with Gasteiger partial charge in [0.25, 0.3) is 0 Å². The van der Waals surface area contributed by atoms with E-state index in [2.05, 4.69) is 31.6 Å². The molecule has 4 heteroatoms. The van der Waals surface area contributed by atoms with E-state index in [1.54, 1.807) is 0 Å². The van der Waals surface area contributed by atoms with Crippen molar-refractivity contribution in [2.45, 2.75) is 70.8 Å². The molecule has 2 N–H and O–H groups in total. The number of hydrogen-bond acceptors (Lipinski definition) is 3. The molecule has 0 bridgehead atoms. The number of nitrogens with two attached hydrogens (primary N) is 1. The van der Waals surface area contributed by atoms with Gasteiger partial charge in [0.05, 0.1) is 5.69 Å². The molecule has 0 saturated heterocycles. The SMILES string of the molecule is CSCCc1nc(C2CCCCC2)n(C(C)(C)C)c1N. The van der Waals surface area contributed by atoms with Crippen molar-refractivity contribution >= 4 is 17.6 Å². The van der Waals surface area contributed by atoms with Gasteiger partial charge in [0, 0.05) is 17.9 Å². The minimum absolute atomic E-state index is 0.0153. The number of aromatic nitrogens is 2. The molecule has 3 nitrogen and oxygen atoms in total. The molecule has 0 unspecified atom stereocenters. The molecule has 20 heavy (non-hydrogen) atoms. The first kappa shape index (κ1) is 15.7. The highest BCUT2D eigenvalue weighted by molar-refractivity contribution is 7.98. The summed E-state index contributed by atoms with van der Waals surface area (Å²) >= 11 is 1.86. The number of imidazole rings is 1. The zero-order valence-electron chi connectivity index (χ0n) is 13.4. The van der Waals surface area contributed by atoms with Crippen LogP contribution < -0.4 is 5.73 Å². The van der Waals surface area contributed by atoms with Crippen LogP contribution in [-0.4, -0.2) is 21.6 Å². The van der Waals surface area contributed by atoms with Crippen molar-refractivity contribution in [1.29, 1.82) is 0 Å². The number of rotatable bonds is 4.